The van der Waals surface area contributed by atoms with Crippen molar-refractivity contribution in [2.45, 2.75) is 20.8 Å². The van der Waals surface area contributed by atoms with Crippen LogP contribution >= 0.6 is 0 Å². The number of esters is 2. The van der Waals surface area contributed by atoms with Crippen LogP contribution in [0.15, 0.2) is 23.4 Å². The van der Waals surface area contributed by atoms with Crippen LogP contribution in [-0.2, 0) is 23.8 Å². The number of anilines is 1. The van der Waals surface area contributed by atoms with Crippen molar-refractivity contribution in [2.75, 3.05) is 32.5 Å². The van der Waals surface area contributed by atoms with Gasteiger partial charge in [0, 0.05) is 5.69 Å². The lowest BCUT2D eigenvalue weighted by atomic mass is 10.0. The molecule has 1 aromatic carbocycles. The number of aryl methyl sites for hydroxylation is 3. The maximum Gasteiger partial charge on any atom is 0.355 e. The number of methoxy groups -OCH3 is 2. The summed E-state index contributed by atoms with van der Waals surface area (Å²) in [6.07, 6.45) is 0. The zero-order valence-electron chi connectivity index (χ0n) is 14.1. The Bertz CT molecular complexity index is 655. The summed E-state index contributed by atoms with van der Waals surface area (Å²) in [5.74, 6) is -1.19. The summed E-state index contributed by atoms with van der Waals surface area (Å²) < 4.78 is 15.1. The summed E-state index contributed by atoms with van der Waals surface area (Å²) in [6, 6.07) is 4.04. The number of ether oxygens (including phenoxy) is 3. The van der Waals surface area contributed by atoms with Crippen molar-refractivity contribution in [2.24, 2.45) is 0 Å². The molecule has 1 aliphatic heterocycles. The fourth-order valence-corrected chi connectivity index (χ4v) is 2.92. The minimum Gasteiger partial charge on any atom is -0.466 e. The largest absolute Gasteiger partial charge is 0.466 e. The Morgan fingerprint density at radius 2 is 1.61 bits per heavy atom. The van der Waals surface area contributed by atoms with E-state index in [1.807, 2.05) is 32.9 Å². The van der Waals surface area contributed by atoms with Crippen LogP contribution in [0.25, 0.3) is 0 Å². The Kier molecular flexibility index (Phi) is 5.05. The maximum absolute atomic E-state index is 12.3. The van der Waals surface area contributed by atoms with E-state index >= 15 is 0 Å². The average molecular weight is 319 g/mol. The second kappa shape index (κ2) is 6.83. The molecule has 23 heavy (non-hydrogen) atoms. The summed E-state index contributed by atoms with van der Waals surface area (Å²) in [4.78, 5) is 26.0. The molecule has 0 N–H and O–H groups in total. The molecule has 0 fully saturated rings. The number of hydrogen-bond donors (Lipinski definition) is 0. The standard InChI is InChI=1S/C17H21NO5/c1-10-6-11(2)14(12(3)7-10)18-9-23-8-13(16(19)21-4)15(18)17(20)22-5/h6-7H,8-9H2,1-5H3. The second-order valence-corrected chi connectivity index (χ2v) is 5.46. The third-order valence-electron chi connectivity index (χ3n) is 3.74. The van der Waals surface area contributed by atoms with Gasteiger partial charge in [-0.3, -0.25) is 0 Å². The van der Waals surface area contributed by atoms with E-state index < -0.39 is 11.9 Å². The lowest BCUT2D eigenvalue weighted by Gasteiger charge is -2.33. The molecule has 0 bridgehead atoms. The Labute approximate surface area is 135 Å². The van der Waals surface area contributed by atoms with Crippen LogP contribution in [0, 0.1) is 20.8 Å². The number of rotatable bonds is 3. The van der Waals surface area contributed by atoms with Gasteiger partial charge in [0.1, 0.15) is 12.4 Å². The van der Waals surface area contributed by atoms with E-state index in [0.29, 0.717) is 0 Å². The Morgan fingerprint density at radius 3 is 2.13 bits per heavy atom. The number of carbonyl (C=O) groups is 2. The molecule has 1 aromatic rings. The van der Waals surface area contributed by atoms with Crippen LogP contribution in [0.5, 0.6) is 0 Å². The van der Waals surface area contributed by atoms with Crippen LogP contribution in [0.2, 0.25) is 0 Å². The van der Waals surface area contributed by atoms with Crippen LogP contribution in [-0.4, -0.2) is 39.5 Å². The third-order valence-corrected chi connectivity index (χ3v) is 3.74. The molecule has 124 valence electrons. The SMILES string of the molecule is COC(=O)C1=C(C(=O)OC)N(c2c(C)cc(C)cc2C)COC1. The normalized spacial score (nSPS) is 14.7. The van der Waals surface area contributed by atoms with Crippen molar-refractivity contribution in [3.05, 3.63) is 40.1 Å². The lowest BCUT2D eigenvalue weighted by molar-refractivity contribution is -0.140. The van der Waals surface area contributed by atoms with Crippen LogP contribution in [0.3, 0.4) is 0 Å². The number of hydrogen-bond acceptors (Lipinski definition) is 6. The van der Waals surface area contributed by atoms with Gasteiger partial charge in [0.15, 0.2) is 0 Å². The van der Waals surface area contributed by atoms with E-state index in [1.165, 1.54) is 14.2 Å². The molecule has 0 amide bonds. The van der Waals surface area contributed by atoms with E-state index in [-0.39, 0.29) is 24.6 Å². The summed E-state index contributed by atoms with van der Waals surface area (Å²) in [5.41, 5.74) is 4.25. The molecule has 0 aromatic heterocycles. The van der Waals surface area contributed by atoms with Gasteiger partial charge >= 0.3 is 11.9 Å². The van der Waals surface area contributed by atoms with Crippen LogP contribution < -0.4 is 4.90 Å². The summed E-state index contributed by atoms with van der Waals surface area (Å²) >= 11 is 0. The Balaban J connectivity index is 2.65. The molecular weight excluding hydrogens is 298 g/mol. The van der Waals surface area contributed by atoms with Crippen molar-refractivity contribution < 1.29 is 23.8 Å². The molecule has 0 atom stereocenters. The van der Waals surface area contributed by atoms with E-state index in [4.69, 9.17) is 14.2 Å². The molecule has 0 unspecified atom stereocenters. The van der Waals surface area contributed by atoms with Gasteiger partial charge < -0.3 is 19.1 Å². The molecular formula is C17H21NO5. The maximum atomic E-state index is 12.3. The third kappa shape index (κ3) is 3.22. The first kappa shape index (κ1) is 17.0. The number of benzene rings is 1. The fourth-order valence-electron chi connectivity index (χ4n) is 2.92. The van der Waals surface area contributed by atoms with Gasteiger partial charge in [0.05, 0.1) is 26.4 Å². The molecule has 0 saturated heterocycles. The van der Waals surface area contributed by atoms with E-state index in [2.05, 4.69) is 0 Å². The fraction of sp³-hybridized carbons (Fsp3) is 0.412. The first-order valence-electron chi connectivity index (χ1n) is 7.23. The zero-order valence-corrected chi connectivity index (χ0v) is 14.1. The average Bonchev–Trinajstić information content (AvgIpc) is 2.52. The van der Waals surface area contributed by atoms with Crippen LogP contribution in [0.1, 0.15) is 16.7 Å². The molecule has 1 aliphatic rings. The van der Waals surface area contributed by atoms with Crippen molar-refractivity contribution >= 4 is 17.6 Å². The first-order valence-corrected chi connectivity index (χ1v) is 7.23. The minimum atomic E-state index is -0.600. The van der Waals surface area contributed by atoms with Gasteiger partial charge in [0.25, 0.3) is 0 Å². The van der Waals surface area contributed by atoms with Gasteiger partial charge in [-0.05, 0) is 31.9 Å². The summed E-state index contributed by atoms with van der Waals surface area (Å²) in [6.45, 7) is 6.09. The van der Waals surface area contributed by atoms with Gasteiger partial charge in [-0.15, -0.1) is 0 Å². The molecule has 6 heteroatoms. The molecule has 2 rings (SSSR count). The smallest absolute Gasteiger partial charge is 0.355 e. The topological polar surface area (TPSA) is 65.1 Å². The summed E-state index contributed by atoms with van der Waals surface area (Å²) in [7, 11) is 2.55. The van der Waals surface area contributed by atoms with Crippen molar-refractivity contribution in [3.8, 4) is 0 Å². The molecule has 1 heterocycles. The van der Waals surface area contributed by atoms with Gasteiger partial charge in [0.2, 0.25) is 0 Å². The highest BCUT2D eigenvalue weighted by molar-refractivity contribution is 6.03. The number of nitrogens with zero attached hydrogens (tertiary/aromatic N) is 1. The minimum absolute atomic E-state index is 0.0115. The monoisotopic (exact) mass is 319 g/mol. The van der Waals surface area contributed by atoms with Gasteiger partial charge in [-0.25, -0.2) is 9.59 Å². The highest BCUT2D eigenvalue weighted by Gasteiger charge is 2.33. The highest BCUT2D eigenvalue weighted by atomic mass is 16.5. The van der Waals surface area contributed by atoms with E-state index in [0.717, 1.165) is 22.4 Å². The molecule has 0 saturated carbocycles. The lowest BCUT2D eigenvalue weighted by Crippen LogP contribution is -2.39. The van der Waals surface area contributed by atoms with Crippen molar-refractivity contribution in [1.82, 2.24) is 0 Å². The van der Waals surface area contributed by atoms with Crippen molar-refractivity contribution in [1.29, 1.82) is 0 Å². The van der Waals surface area contributed by atoms with Gasteiger partial charge in [-0.2, -0.15) is 0 Å². The quantitative estimate of drug-likeness (QED) is 0.794. The summed E-state index contributed by atoms with van der Waals surface area (Å²) in [5, 5.41) is 0. The molecule has 6 nitrogen and oxygen atoms in total. The number of carbonyl (C=O) groups excluding carboxylic acids is 2. The van der Waals surface area contributed by atoms with Crippen molar-refractivity contribution in [3.63, 3.8) is 0 Å². The predicted molar refractivity (Wildman–Crippen MR) is 85.0 cm³/mol. The molecule has 0 spiro atoms. The van der Waals surface area contributed by atoms with Crippen LogP contribution in [0.4, 0.5) is 5.69 Å². The highest BCUT2D eigenvalue weighted by Crippen LogP contribution is 2.32. The Hall–Kier alpha value is -2.34. The predicted octanol–water partition coefficient (Wildman–Crippen LogP) is 2.01. The molecule has 0 aliphatic carbocycles. The second-order valence-electron chi connectivity index (χ2n) is 5.46. The van der Waals surface area contributed by atoms with Gasteiger partial charge in [-0.1, -0.05) is 17.7 Å². The Morgan fingerprint density at radius 1 is 1.04 bits per heavy atom. The van der Waals surface area contributed by atoms with E-state index in [1.54, 1.807) is 4.90 Å². The first-order chi connectivity index (χ1) is 10.9. The molecule has 0 radical (unpaired) electrons. The van der Waals surface area contributed by atoms with E-state index in [9.17, 15) is 9.59 Å². The zero-order chi connectivity index (χ0) is 17.1.